The lowest BCUT2D eigenvalue weighted by Crippen LogP contribution is -2.79. The highest BCUT2D eigenvalue weighted by Crippen LogP contribution is 2.72. The lowest BCUT2D eigenvalue weighted by atomic mass is 9.37. The van der Waals surface area contributed by atoms with Gasteiger partial charge in [-0.3, -0.25) is 9.59 Å². The molecule has 1 spiro atoms. The minimum atomic E-state index is -2.17. The van der Waals surface area contributed by atoms with E-state index in [2.05, 4.69) is 0 Å². The van der Waals surface area contributed by atoms with Gasteiger partial charge >= 0.3 is 17.9 Å². The van der Waals surface area contributed by atoms with Gasteiger partial charge in [-0.05, 0) is 23.7 Å². The summed E-state index contributed by atoms with van der Waals surface area (Å²) >= 11 is 0. The van der Waals surface area contributed by atoms with Gasteiger partial charge < -0.3 is 34.3 Å². The Labute approximate surface area is 195 Å². The quantitative estimate of drug-likeness (QED) is 0.317. The predicted octanol–water partition coefficient (Wildman–Crippen LogP) is -1.26. The number of carbonyl (C=O) groups excluding carboxylic acids is 4. The summed E-state index contributed by atoms with van der Waals surface area (Å²) in [5, 5.41) is 33.4. The van der Waals surface area contributed by atoms with Gasteiger partial charge in [-0.2, -0.15) is 0 Å². The molecule has 188 valence electrons. The van der Waals surface area contributed by atoms with Gasteiger partial charge in [0.1, 0.15) is 18.3 Å². The standard InChI is InChI=1S/C23H30O11/c1-8-10-5-12-22-7-32-23(20(30)31-4,17(22)15(19(29)34-12)33-9(2)24)18(28)14(27)16(22)21(10,3)6-11(25)13(8)26/h8,10,12-18,26-28H,5-7H2,1-4H3/t8-,10-,12+,13?,14+,15+,16+,17+,18-,21-,22+,23-/m0/s1. The fraction of sp³-hybridized carbons (Fsp3) is 0.826. The molecule has 5 rings (SSSR count). The maximum Gasteiger partial charge on any atom is 0.348 e. The molecule has 0 aromatic carbocycles. The monoisotopic (exact) mass is 482 g/mol. The van der Waals surface area contributed by atoms with Crippen molar-refractivity contribution in [3.8, 4) is 0 Å². The molecule has 1 unspecified atom stereocenters. The highest BCUT2D eigenvalue weighted by atomic mass is 16.6. The number of hydrogen-bond acceptors (Lipinski definition) is 11. The first-order chi connectivity index (χ1) is 15.9. The van der Waals surface area contributed by atoms with Gasteiger partial charge in [0.2, 0.25) is 11.7 Å². The smallest absolute Gasteiger partial charge is 0.348 e. The minimum Gasteiger partial charge on any atom is -0.467 e. The zero-order valence-electron chi connectivity index (χ0n) is 19.4. The maximum atomic E-state index is 13.1. The van der Waals surface area contributed by atoms with E-state index >= 15 is 0 Å². The molecule has 0 amide bonds. The number of esters is 3. The van der Waals surface area contributed by atoms with Crippen molar-refractivity contribution in [1.82, 2.24) is 0 Å². The van der Waals surface area contributed by atoms with Gasteiger partial charge in [0.25, 0.3) is 0 Å². The zero-order valence-corrected chi connectivity index (χ0v) is 19.4. The van der Waals surface area contributed by atoms with Crippen LogP contribution in [0.15, 0.2) is 0 Å². The molecule has 3 N–H and O–H groups in total. The summed E-state index contributed by atoms with van der Waals surface area (Å²) < 4.78 is 22.1. The lowest BCUT2D eigenvalue weighted by molar-refractivity contribution is -0.299. The van der Waals surface area contributed by atoms with Crippen LogP contribution >= 0.6 is 0 Å². The molecule has 12 atom stereocenters. The largest absolute Gasteiger partial charge is 0.467 e. The van der Waals surface area contributed by atoms with E-state index in [4.69, 9.17) is 18.9 Å². The number of methoxy groups -OCH3 is 1. The Bertz CT molecular complexity index is 965. The van der Waals surface area contributed by atoms with Crippen LogP contribution in [-0.4, -0.2) is 88.8 Å². The molecule has 11 heteroatoms. The number of ketones is 1. The van der Waals surface area contributed by atoms with Gasteiger partial charge in [0.05, 0.1) is 25.7 Å². The van der Waals surface area contributed by atoms with Crippen molar-refractivity contribution in [2.45, 2.75) is 69.7 Å². The van der Waals surface area contributed by atoms with Crippen LogP contribution in [0.5, 0.6) is 0 Å². The molecule has 0 aromatic rings. The molecule has 0 aromatic heterocycles. The fourth-order valence-electron chi connectivity index (χ4n) is 8.40. The van der Waals surface area contributed by atoms with Crippen LogP contribution in [0.25, 0.3) is 0 Å². The van der Waals surface area contributed by atoms with Gasteiger partial charge in [-0.15, -0.1) is 0 Å². The summed E-state index contributed by atoms with van der Waals surface area (Å²) in [4.78, 5) is 51.0. The number of Topliss-reactive ketones (excluding diaryl/α,β-unsaturated/α-hetero) is 1. The molecular formula is C23H30O11. The molecule has 5 fully saturated rings. The van der Waals surface area contributed by atoms with Crippen molar-refractivity contribution < 1.29 is 53.4 Å². The Balaban J connectivity index is 1.76. The number of rotatable bonds is 2. The topological polar surface area (TPSA) is 166 Å². The van der Waals surface area contributed by atoms with Gasteiger partial charge in [0.15, 0.2) is 5.78 Å². The summed E-state index contributed by atoms with van der Waals surface area (Å²) in [7, 11) is 1.09. The van der Waals surface area contributed by atoms with E-state index in [-0.39, 0.29) is 31.1 Å². The Morgan fingerprint density at radius 2 is 1.82 bits per heavy atom. The summed E-state index contributed by atoms with van der Waals surface area (Å²) in [6.07, 6.45) is -6.84. The third-order valence-corrected chi connectivity index (χ3v) is 9.52. The van der Waals surface area contributed by atoms with E-state index in [1.165, 1.54) is 0 Å². The number of hydrogen-bond donors (Lipinski definition) is 3. The zero-order chi connectivity index (χ0) is 25.0. The fourth-order valence-corrected chi connectivity index (χ4v) is 8.40. The Morgan fingerprint density at radius 3 is 2.44 bits per heavy atom. The molecule has 2 bridgehead atoms. The molecule has 3 aliphatic carbocycles. The molecule has 5 aliphatic rings. The Kier molecular flexibility index (Phi) is 5.02. The van der Waals surface area contributed by atoms with Crippen molar-refractivity contribution in [2.24, 2.45) is 34.5 Å². The van der Waals surface area contributed by atoms with E-state index in [9.17, 15) is 34.5 Å². The first-order valence-corrected chi connectivity index (χ1v) is 11.5. The van der Waals surface area contributed by atoms with Crippen LogP contribution in [-0.2, 0) is 38.1 Å². The highest BCUT2D eigenvalue weighted by Gasteiger charge is 2.85. The second-order valence-electron chi connectivity index (χ2n) is 10.8. The van der Waals surface area contributed by atoms with Crippen molar-refractivity contribution >= 4 is 23.7 Å². The average molecular weight is 482 g/mol. The molecule has 3 saturated carbocycles. The summed E-state index contributed by atoms with van der Waals surface area (Å²) in [5.74, 6) is -5.97. The molecular weight excluding hydrogens is 452 g/mol. The van der Waals surface area contributed by atoms with Crippen LogP contribution in [0.3, 0.4) is 0 Å². The molecule has 2 saturated heterocycles. The van der Waals surface area contributed by atoms with Crippen LogP contribution < -0.4 is 0 Å². The molecule has 0 radical (unpaired) electrons. The first-order valence-electron chi connectivity index (χ1n) is 11.5. The van der Waals surface area contributed by atoms with Gasteiger partial charge in [0, 0.05) is 24.7 Å². The van der Waals surface area contributed by atoms with Crippen molar-refractivity contribution in [3.05, 3.63) is 0 Å². The van der Waals surface area contributed by atoms with E-state index in [1.807, 2.05) is 6.92 Å². The SMILES string of the molecule is COC(=O)[C@@]12OC[C@]34[C@H]([C@@H](O)[C@@H]1O)[C@@]1(C)CC(=O)C(O)[C@@H](C)[C@@H]1C[C@H]3OC(=O)[C@H](OC(C)=O)[C@@H]24. The first kappa shape index (κ1) is 23.7. The molecule has 2 aliphatic heterocycles. The van der Waals surface area contributed by atoms with Gasteiger partial charge in [-0.1, -0.05) is 13.8 Å². The molecule has 34 heavy (non-hydrogen) atoms. The van der Waals surface area contributed by atoms with Crippen LogP contribution in [0.4, 0.5) is 0 Å². The van der Waals surface area contributed by atoms with E-state index < -0.39 is 82.6 Å². The Hall–Kier alpha value is -2.08. The third kappa shape index (κ3) is 2.51. The second-order valence-corrected chi connectivity index (χ2v) is 10.8. The maximum absolute atomic E-state index is 13.1. The number of aliphatic hydroxyl groups is 3. The number of carbonyl (C=O) groups is 4. The van der Waals surface area contributed by atoms with E-state index in [0.717, 1.165) is 14.0 Å². The summed E-state index contributed by atoms with van der Waals surface area (Å²) in [5.41, 5.74) is -4.34. The number of ether oxygens (including phenoxy) is 4. The normalized spacial score (nSPS) is 53.3. The van der Waals surface area contributed by atoms with E-state index in [1.54, 1.807) is 6.92 Å². The van der Waals surface area contributed by atoms with Crippen LogP contribution in [0.1, 0.15) is 33.6 Å². The minimum absolute atomic E-state index is 0.0732. The summed E-state index contributed by atoms with van der Waals surface area (Å²) in [6.45, 7) is 4.48. The predicted molar refractivity (Wildman–Crippen MR) is 109 cm³/mol. The highest BCUT2D eigenvalue weighted by molar-refractivity contribution is 5.88. The van der Waals surface area contributed by atoms with Crippen molar-refractivity contribution in [3.63, 3.8) is 0 Å². The number of fused-ring (bicyclic) bond motifs is 2. The van der Waals surface area contributed by atoms with Gasteiger partial charge in [-0.25, -0.2) is 9.59 Å². The lowest BCUT2D eigenvalue weighted by Gasteiger charge is -2.68. The molecule has 2 heterocycles. The average Bonchev–Trinajstić information content (AvgIpc) is 3.08. The molecule has 11 nitrogen and oxygen atoms in total. The third-order valence-electron chi connectivity index (χ3n) is 9.52. The van der Waals surface area contributed by atoms with Crippen molar-refractivity contribution in [2.75, 3.05) is 13.7 Å². The Morgan fingerprint density at radius 1 is 1.15 bits per heavy atom. The van der Waals surface area contributed by atoms with E-state index in [0.29, 0.717) is 0 Å². The van der Waals surface area contributed by atoms with Crippen molar-refractivity contribution in [1.29, 1.82) is 0 Å². The van der Waals surface area contributed by atoms with Crippen LogP contribution in [0.2, 0.25) is 0 Å². The number of aliphatic hydroxyl groups excluding tert-OH is 3. The van der Waals surface area contributed by atoms with Crippen LogP contribution in [0, 0.1) is 34.5 Å². The summed E-state index contributed by atoms with van der Waals surface area (Å²) in [6, 6.07) is 0. The second kappa shape index (κ2) is 7.22.